The maximum absolute atomic E-state index is 6.28. The number of nitrogens with zero attached hydrogens (tertiary/aromatic N) is 1. The van der Waals surface area contributed by atoms with Gasteiger partial charge in [0.15, 0.2) is 0 Å². The van der Waals surface area contributed by atoms with Crippen LogP contribution in [-0.2, 0) is 9.31 Å². The average Bonchev–Trinajstić information content (AvgIpc) is 3.14. The number of hydrogen-bond acceptors (Lipinski definition) is 3. The summed E-state index contributed by atoms with van der Waals surface area (Å²) in [6.07, 6.45) is 8.96. The highest BCUT2D eigenvalue weighted by atomic mass is 16.7. The van der Waals surface area contributed by atoms with Crippen LogP contribution in [0.5, 0.6) is 0 Å². The second kappa shape index (κ2) is 8.02. The molecule has 0 radical (unpaired) electrons. The number of fused-ring (bicyclic) bond motifs is 8. The molecule has 182 valence electrons. The first-order valence-electron chi connectivity index (χ1n) is 13.2. The Kier molecular flexibility index (Phi) is 4.92. The van der Waals surface area contributed by atoms with Crippen molar-refractivity contribution in [3.05, 3.63) is 108 Å². The fourth-order valence-electron chi connectivity index (χ4n) is 5.98. The predicted octanol–water partition coefficient (Wildman–Crippen LogP) is 7.17. The SMILES string of the molecule is CC1(C)OB(c2ccc(-c3nc4c(c5ccccc35)-c3ccccc3C3C=CC=CC43)cc2)OC1(C)C. The van der Waals surface area contributed by atoms with Gasteiger partial charge in [-0.1, -0.05) is 97.1 Å². The van der Waals surface area contributed by atoms with Crippen molar-refractivity contribution in [2.75, 3.05) is 0 Å². The molecular weight excluding hydrogens is 453 g/mol. The van der Waals surface area contributed by atoms with Gasteiger partial charge in [-0.15, -0.1) is 0 Å². The molecule has 2 heterocycles. The number of benzene rings is 3. The molecule has 4 aromatic rings. The van der Waals surface area contributed by atoms with Gasteiger partial charge in [0, 0.05) is 28.3 Å². The fourth-order valence-corrected chi connectivity index (χ4v) is 5.98. The summed E-state index contributed by atoms with van der Waals surface area (Å²) in [6, 6.07) is 26.1. The first-order valence-corrected chi connectivity index (χ1v) is 13.2. The molecule has 2 atom stereocenters. The second-order valence-corrected chi connectivity index (χ2v) is 11.4. The minimum atomic E-state index is -0.372. The van der Waals surface area contributed by atoms with Crippen LogP contribution in [0.2, 0.25) is 0 Å². The lowest BCUT2D eigenvalue weighted by atomic mass is 9.71. The Morgan fingerprint density at radius 2 is 1.32 bits per heavy atom. The molecule has 7 rings (SSSR count). The van der Waals surface area contributed by atoms with E-state index >= 15 is 0 Å². The van der Waals surface area contributed by atoms with Gasteiger partial charge in [-0.2, -0.15) is 0 Å². The Bertz CT molecular complexity index is 1580. The summed E-state index contributed by atoms with van der Waals surface area (Å²) < 4.78 is 12.6. The van der Waals surface area contributed by atoms with Crippen LogP contribution in [0.3, 0.4) is 0 Å². The van der Waals surface area contributed by atoms with Crippen molar-refractivity contribution in [3.63, 3.8) is 0 Å². The zero-order valence-corrected chi connectivity index (χ0v) is 21.7. The molecule has 0 spiro atoms. The average molecular weight is 483 g/mol. The summed E-state index contributed by atoms with van der Waals surface area (Å²) in [5.41, 5.74) is 7.54. The summed E-state index contributed by atoms with van der Waals surface area (Å²) in [6.45, 7) is 8.35. The Balaban J connectivity index is 1.38. The van der Waals surface area contributed by atoms with Crippen LogP contribution in [0.15, 0.2) is 97.1 Å². The van der Waals surface area contributed by atoms with Gasteiger partial charge in [-0.05, 0) is 49.7 Å². The van der Waals surface area contributed by atoms with Crippen LogP contribution < -0.4 is 5.46 Å². The molecule has 1 saturated heterocycles. The third kappa shape index (κ3) is 3.39. The van der Waals surface area contributed by atoms with Crippen LogP contribution in [-0.4, -0.2) is 23.3 Å². The molecule has 1 fully saturated rings. The van der Waals surface area contributed by atoms with Crippen LogP contribution in [0.1, 0.15) is 50.8 Å². The molecule has 3 nitrogen and oxygen atoms in total. The van der Waals surface area contributed by atoms with E-state index < -0.39 is 0 Å². The predicted molar refractivity (Wildman–Crippen MR) is 152 cm³/mol. The van der Waals surface area contributed by atoms with Crippen molar-refractivity contribution in [3.8, 4) is 22.4 Å². The molecule has 1 aliphatic heterocycles. The Morgan fingerprint density at radius 1 is 0.703 bits per heavy atom. The number of hydrogen-bond donors (Lipinski definition) is 0. The highest BCUT2D eigenvalue weighted by Crippen LogP contribution is 2.51. The number of rotatable bonds is 2. The minimum absolute atomic E-state index is 0.224. The molecule has 0 bridgehead atoms. The highest BCUT2D eigenvalue weighted by molar-refractivity contribution is 6.62. The van der Waals surface area contributed by atoms with Crippen LogP contribution in [0.25, 0.3) is 33.2 Å². The van der Waals surface area contributed by atoms with E-state index in [0.29, 0.717) is 5.92 Å². The van der Waals surface area contributed by atoms with Gasteiger partial charge < -0.3 is 9.31 Å². The Hall–Kier alpha value is -3.47. The van der Waals surface area contributed by atoms with Crippen molar-refractivity contribution in [2.45, 2.75) is 50.7 Å². The molecular formula is C33H30BNO2. The molecule has 1 aromatic heterocycles. The van der Waals surface area contributed by atoms with Gasteiger partial charge >= 0.3 is 7.12 Å². The van der Waals surface area contributed by atoms with Gasteiger partial charge in [0.2, 0.25) is 0 Å². The molecule has 0 amide bonds. The van der Waals surface area contributed by atoms with Crippen LogP contribution in [0, 0.1) is 0 Å². The second-order valence-electron chi connectivity index (χ2n) is 11.4. The quantitative estimate of drug-likeness (QED) is 0.283. The molecule has 37 heavy (non-hydrogen) atoms. The minimum Gasteiger partial charge on any atom is -0.399 e. The van der Waals surface area contributed by atoms with E-state index in [2.05, 4.69) is 125 Å². The summed E-state index contributed by atoms with van der Waals surface area (Å²) in [7, 11) is -0.372. The zero-order valence-electron chi connectivity index (χ0n) is 21.7. The van der Waals surface area contributed by atoms with Gasteiger partial charge in [-0.3, -0.25) is 4.98 Å². The third-order valence-corrected chi connectivity index (χ3v) is 8.69. The van der Waals surface area contributed by atoms with E-state index in [1.165, 1.54) is 27.5 Å². The summed E-state index contributed by atoms with van der Waals surface area (Å²) >= 11 is 0. The number of allylic oxidation sites excluding steroid dienone is 4. The molecule has 2 unspecified atom stereocenters. The topological polar surface area (TPSA) is 31.4 Å². The maximum atomic E-state index is 6.28. The fraction of sp³-hybridized carbons (Fsp3) is 0.242. The van der Waals surface area contributed by atoms with Crippen LogP contribution >= 0.6 is 0 Å². The normalized spacial score (nSPS) is 22.5. The summed E-state index contributed by atoms with van der Waals surface area (Å²) in [4.78, 5) is 5.42. The van der Waals surface area contributed by atoms with E-state index in [1.807, 2.05) is 0 Å². The lowest BCUT2D eigenvalue weighted by molar-refractivity contribution is 0.00578. The van der Waals surface area contributed by atoms with Crippen molar-refractivity contribution in [1.82, 2.24) is 4.98 Å². The van der Waals surface area contributed by atoms with Gasteiger partial charge in [0.05, 0.1) is 22.6 Å². The lowest BCUT2D eigenvalue weighted by Gasteiger charge is -2.34. The molecule has 0 saturated carbocycles. The van der Waals surface area contributed by atoms with E-state index in [9.17, 15) is 0 Å². The molecule has 2 aliphatic carbocycles. The van der Waals surface area contributed by atoms with Gasteiger partial charge in [-0.25, -0.2) is 0 Å². The first-order chi connectivity index (χ1) is 17.8. The maximum Gasteiger partial charge on any atom is 0.494 e. The molecule has 3 aromatic carbocycles. The van der Waals surface area contributed by atoms with E-state index in [1.54, 1.807) is 0 Å². The lowest BCUT2D eigenvalue weighted by Crippen LogP contribution is -2.41. The van der Waals surface area contributed by atoms with E-state index in [0.717, 1.165) is 22.4 Å². The molecule has 0 N–H and O–H groups in total. The smallest absolute Gasteiger partial charge is 0.399 e. The van der Waals surface area contributed by atoms with Gasteiger partial charge in [0.1, 0.15) is 0 Å². The number of pyridine rings is 1. The summed E-state index contributed by atoms with van der Waals surface area (Å²) in [5, 5.41) is 2.43. The zero-order chi connectivity index (χ0) is 25.4. The monoisotopic (exact) mass is 483 g/mol. The third-order valence-electron chi connectivity index (χ3n) is 8.69. The largest absolute Gasteiger partial charge is 0.494 e. The molecule has 4 heteroatoms. The van der Waals surface area contributed by atoms with E-state index in [4.69, 9.17) is 14.3 Å². The highest BCUT2D eigenvalue weighted by Gasteiger charge is 2.51. The van der Waals surface area contributed by atoms with Crippen molar-refractivity contribution in [2.24, 2.45) is 0 Å². The Morgan fingerprint density at radius 3 is 2.05 bits per heavy atom. The van der Waals surface area contributed by atoms with Crippen molar-refractivity contribution >= 4 is 23.4 Å². The van der Waals surface area contributed by atoms with Crippen molar-refractivity contribution < 1.29 is 9.31 Å². The van der Waals surface area contributed by atoms with Crippen molar-refractivity contribution in [1.29, 1.82) is 0 Å². The summed E-state index contributed by atoms with van der Waals surface area (Å²) in [5.74, 6) is 0.531. The molecule has 3 aliphatic rings. The van der Waals surface area contributed by atoms with Crippen LogP contribution in [0.4, 0.5) is 0 Å². The standard InChI is InChI=1S/C33H30BNO2/c1-32(2)33(3,4)37-34(36-32)22-19-17-21(18-20-22)30-28-16-10-8-14-26(28)29-25-13-7-5-11-23(25)24-12-6-9-15-27(24)31(29)35-30/h5-20,24,27H,1-4H3. The van der Waals surface area contributed by atoms with Gasteiger partial charge in [0.25, 0.3) is 0 Å². The number of aromatic nitrogens is 1. The Labute approximate surface area is 219 Å². The first kappa shape index (κ1) is 22.7. The van der Waals surface area contributed by atoms with E-state index in [-0.39, 0.29) is 24.2 Å².